The Bertz CT molecular complexity index is 1100. The van der Waals surface area contributed by atoms with Gasteiger partial charge in [0.25, 0.3) is 0 Å². The van der Waals surface area contributed by atoms with Crippen LogP contribution >= 0.6 is 0 Å². The molecule has 2 heterocycles. The summed E-state index contributed by atoms with van der Waals surface area (Å²) in [5.74, 6) is 1.21. The zero-order valence-electron chi connectivity index (χ0n) is 17.0. The summed E-state index contributed by atoms with van der Waals surface area (Å²) in [4.78, 5) is 14.5. The molecule has 2 aliphatic rings. The Balaban J connectivity index is 1.38. The number of hydrogen-bond donors (Lipinski definition) is 0. The van der Waals surface area contributed by atoms with Crippen molar-refractivity contribution in [3.63, 3.8) is 0 Å². The second kappa shape index (κ2) is 8.12. The molecule has 1 saturated heterocycles. The van der Waals surface area contributed by atoms with Gasteiger partial charge in [0.15, 0.2) is 11.5 Å². The van der Waals surface area contributed by atoms with Gasteiger partial charge in [0.1, 0.15) is 0 Å². The molecular formula is C22H24N2O5S. The van der Waals surface area contributed by atoms with Crippen molar-refractivity contribution in [2.24, 2.45) is 0 Å². The smallest absolute Gasteiger partial charge is 0.246 e. The van der Waals surface area contributed by atoms with Crippen LogP contribution in [0.2, 0.25) is 0 Å². The molecule has 2 aromatic rings. The van der Waals surface area contributed by atoms with Crippen molar-refractivity contribution in [1.82, 2.24) is 9.21 Å². The minimum atomic E-state index is -3.56. The normalized spacial score (nSPS) is 16.9. The van der Waals surface area contributed by atoms with Crippen molar-refractivity contribution < 1.29 is 22.7 Å². The van der Waals surface area contributed by atoms with E-state index in [1.165, 1.54) is 10.4 Å². The number of fused-ring (bicyclic) bond motifs is 1. The Morgan fingerprint density at radius 2 is 1.67 bits per heavy atom. The van der Waals surface area contributed by atoms with E-state index in [1.54, 1.807) is 23.1 Å². The highest BCUT2D eigenvalue weighted by atomic mass is 32.2. The summed E-state index contributed by atoms with van der Waals surface area (Å²) in [6.07, 6.45) is 3.23. The highest BCUT2D eigenvalue weighted by Gasteiger charge is 2.29. The maximum absolute atomic E-state index is 12.9. The molecule has 0 spiro atoms. The molecule has 1 amide bonds. The van der Waals surface area contributed by atoms with Crippen LogP contribution in [0.15, 0.2) is 47.4 Å². The first kappa shape index (κ1) is 20.4. The molecule has 158 valence electrons. The maximum atomic E-state index is 12.9. The third kappa shape index (κ3) is 4.06. The highest BCUT2D eigenvalue weighted by Crippen LogP contribution is 2.32. The fraction of sp³-hybridized carbons (Fsp3) is 0.318. The largest absolute Gasteiger partial charge is 0.454 e. The van der Waals surface area contributed by atoms with Crippen LogP contribution in [0, 0.1) is 13.8 Å². The molecule has 2 aliphatic heterocycles. The van der Waals surface area contributed by atoms with Gasteiger partial charge in [0.2, 0.25) is 22.7 Å². The van der Waals surface area contributed by atoms with E-state index in [2.05, 4.69) is 0 Å². The molecule has 7 nitrogen and oxygen atoms in total. The number of hydrogen-bond acceptors (Lipinski definition) is 5. The monoisotopic (exact) mass is 428 g/mol. The molecule has 0 unspecified atom stereocenters. The number of carbonyl (C=O) groups excluding carboxylic acids is 1. The Labute approximate surface area is 176 Å². The van der Waals surface area contributed by atoms with E-state index in [0.717, 1.165) is 16.7 Å². The first-order valence-corrected chi connectivity index (χ1v) is 11.2. The van der Waals surface area contributed by atoms with E-state index in [9.17, 15) is 13.2 Å². The van der Waals surface area contributed by atoms with Crippen LogP contribution in [0.4, 0.5) is 0 Å². The van der Waals surface area contributed by atoms with Crippen LogP contribution in [-0.2, 0) is 14.8 Å². The molecule has 1 fully saturated rings. The summed E-state index contributed by atoms with van der Waals surface area (Å²) in [7, 11) is -3.56. The number of sulfonamides is 1. The molecule has 0 atom stereocenters. The first-order chi connectivity index (χ1) is 14.3. The average molecular weight is 429 g/mol. The van der Waals surface area contributed by atoms with Gasteiger partial charge in [-0.05, 0) is 60.9 Å². The van der Waals surface area contributed by atoms with Crippen molar-refractivity contribution in [3.05, 3.63) is 59.2 Å². The molecule has 4 rings (SSSR count). The third-order valence-corrected chi connectivity index (χ3v) is 7.38. The van der Waals surface area contributed by atoms with Crippen LogP contribution < -0.4 is 9.47 Å². The second-order valence-electron chi connectivity index (χ2n) is 7.42. The summed E-state index contributed by atoms with van der Waals surface area (Å²) in [6, 6.07) is 10.6. The van der Waals surface area contributed by atoms with Gasteiger partial charge >= 0.3 is 0 Å². The number of amides is 1. The van der Waals surface area contributed by atoms with Crippen molar-refractivity contribution >= 4 is 22.0 Å². The van der Waals surface area contributed by atoms with Gasteiger partial charge in [-0.15, -0.1) is 0 Å². The lowest BCUT2D eigenvalue weighted by Crippen LogP contribution is -2.50. The summed E-state index contributed by atoms with van der Waals surface area (Å²) in [5.41, 5.74) is 2.83. The van der Waals surface area contributed by atoms with Gasteiger partial charge < -0.3 is 14.4 Å². The Kier molecular flexibility index (Phi) is 5.53. The minimum absolute atomic E-state index is 0.143. The van der Waals surface area contributed by atoms with E-state index >= 15 is 0 Å². The Hall–Kier alpha value is -2.84. The molecule has 0 bridgehead atoms. The second-order valence-corrected chi connectivity index (χ2v) is 9.36. The van der Waals surface area contributed by atoms with E-state index in [1.807, 2.05) is 38.1 Å². The van der Waals surface area contributed by atoms with Gasteiger partial charge in [-0.2, -0.15) is 4.31 Å². The number of benzene rings is 2. The number of carbonyl (C=O) groups is 1. The lowest BCUT2D eigenvalue weighted by molar-refractivity contribution is -0.127. The zero-order chi connectivity index (χ0) is 21.3. The SMILES string of the molecule is Cc1ccc(S(=O)(=O)N2CCN(C(=O)/C=C/c3ccc4c(c3)OCO4)CC2)cc1C. The fourth-order valence-corrected chi connectivity index (χ4v) is 4.97. The molecular weight excluding hydrogens is 404 g/mol. The lowest BCUT2D eigenvalue weighted by Gasteiger charge is -2.33. The number of rotatable bonds is 4. The van der Waals surface area contributed by atoms with Crippen LogP contribution in [0.25, 0.3) is 6.08 Å². The van der Waals surface area contributed by atoms with E-state index in [4.69, 9.17) is 9.47 Å². The highest BCUT2D eigenvalue weighted by molar-refractivity contribution is 7.89. The number of ether oxygens (including phenoxy) is 2. The lowest BCUT2D eigenvalue weighted by atomic mass is 10.1. The van der Waals surface area contributed by atoms with E-state index in [0.29, 0.717) is 29.5 Å². The fourth-order valence-electron chi connectivity index (χ4n) is 3.46. The van der Waals surface area contributed by atoms with Crippen molar-refractivity contribution in [3.8, 4) is 11.5 Å². The van der Waals surface area contributed by atoms with Crippen LogP contribution in [0.5, 0.6) is 11.5 Å². The van der Waals surface area contributed by atoms with Crippen LogP contribution in [0.1, 0.15) is 16.7 Å². The summed E-state index contributed by atoms with van der Waals surface area (Å²) in [5, 5.41) is 0. The third-order valence-electron chi connectivity index (χ3n) is 5.48. The van der Waals surface area contributed by atoms with E-state index < -0.39 is 10.0 Å². The predicted octanol–water partition coefficient (Wildman–Crippen LogP) is 2.58. The molecule has 2 aromatic carbocycles. The standard InChI is InChI=1S/C22H24N2O5S/c1-16-3-6-19(13-17(16)2)30(26,27)24-11-9-23(10-12-24)22(25)8-5-18-4-7-20-21(14-18)29-15-28-20/h3-8,13-14H,9-12,15H2,1-2H3/b8-5+. The van der Waals surface area contributed by atoms with Crippen molar-refractivity contribution in [2.45, 2.75) is 18.7 Å². The Morgan fingerprint density at radius 1 is 0.933 bits per heavy atom. The molecule has 30 heavy (non-hydrogen) atoms. The van der Waals surface area contributed by atoms with Gasteiger partial charge in [0.05, 0.1) is 4.90 Å². The molecule has 0 radical (unpaired) electrons. The molecule has 8 heteroatoms. The van der Waals surface area contributed by atoms with Gasteiger partial charge in [-0.1, -0.05) is 12.1 Å². The van der Waals surface area contributed by atoms with Crippen molar-refractivity contribution in [2.75, 3.05) is 33.0 Å². The van der Waals surface area contributed by atoms with Gasteiger partial charge in [-0.3, -0.25) is 4.79 Å². The number of nitrogens with zero attached hydrogens (tertiary/aromatic N) is 2. The van der Waals surface area contributed by atoms with Crippen molar-refractivity contribution in [1.29, 1.82) is 0 Å². The molecule has 0 N–H and O–H groups in total. The number of piperazine rings is 1. The average Bonchev–Trinajstić information content (AvgIpc) is 3.22. The molecule has 0 aliphatic carbocycles. The van der Waals surface area contributed by atoms with Crippen LogP contribution in [-0.4, -0.2) is 56.5 Å². The van der Waals surface area contributed by atoms with Crippen LogP contribution in [0.3, 0.4) is 0 Å². The quantitative estimate of drug-likeness (QED) is 0.700. The number of aryl methyl sites for hydroxylation is 2. The predicted molar refractivity (Wildman–Crippen MR) is 113 cm³/mol. The summed E-state index contributed by atoms with van der Waals surface area (Å²) in [6.45, 7) is 5.32. The van der Waals surface area contributed by atoms with Gasteiger partial charge in [0, 0.05) is 32.3 Å². The Morgan fingerprint density at radius 3 is 2.40 bits per heavy atom. The maximum Gasteiger partial charge on any atom is 0.246 e. The van der Waals surface area contributed by atoms with Gasteiger partial charge in [-0.25, -0.2) is 8.42 Å². The molecule has 0 saturated carbocycles. The summed E-state index contributed by atoms with van der Waals surface area (Å²) < 4.78 is 37.9. The zero-order valence-corrected chi connectivity index (χ0v) is 17.8. The van der Waals surface area contributed by atoms with E-state index in [-0.39, 0.29) is 25.8 Å². The summed E-state index contributed by atoms with van der Waals surface area (Å²) >= 11 is 0. The minimum Gasteiger partial charge on any atom is -0.454 e. The molecule has 0 aromatic heterocycles. The first-order valence-electron chi connectivity index (χ1n) is 9.79. The topological polar surface area (TPSA) is 76.2 Å².